The third kappa shape index (κ3) is 3.37. The van der Waals surface area contributed by atoms with Crippen LogP contribution in [0.4, 0.5) is 0 Å². The van der Waals surface area contributed by atoms with Gasteiger partial charge < -0.3 is 9.47 Å². The van der Waals surface area contributed by atoms with Gasteiger partial charge >= 0.3 is 0 Å². The molecule has 0 atom stereocenters. The van der Waals surface area contributed by atoms with Crippen molar-refractivity contribution >= 4 is 10.0 Å². The summed E-state index contributed by atoms with van der Waals surface area (Å²) in [5.74, 6) is 0.704. The lowest BCUT2D eigenvalue weighted by Crippen LogP contribution is -2.48. The molecule has 6 nitrogen and oxygen atoms in total. The van der Waals surface area contributed by atoms with Crippen molar-refractivity contribution in [1.29, 1.82) is 0 Å². The molecule has 2 rings (SSSR count). The Kier molecular flexibility index (Phi) is 4.88. The number of methoxy groups -OCH3 is 1. The summed E-state index contributed by atoms with van der Waals surface area (Å²) in [6.45, 7) is 7.60. The first kappa shape index (κ1) is 16.2. The topological polar surface area (TPSA) is 67.9 Å². The normalized spacial score (nSPS) is 17.0. The molecule has 1 aliphatic rings. The SMILES string of the molecule is COc1cc(C)c(S(=O)(=O)NN2CCOCC2)c(C)c1C. The fourth-order valence-electron chi connectivity index (χ4n) is 2.52. The van der Waals surface area contributed by atoms with Crippen LogP contribution in [0.5, 0.6) is 5.75 Å². The van der Waals surface area contributed by atoms with Crippen molar-refractivity contribution in [3.8, 4) is 5.75 Å². The number of aryl methyl sites for hydroxylation is 1. The Morgan fingerprint density at radius 1 is 1.19 bits per heavy atom. The molecule has 21 heavy (non-hydrogen) atoms. The first-order chi connectivity index (χ1) is 9.86. The van der Waals surface area contributed by atoms with Crippen LogP contribution in [0.2, 0.25) is 0 Å². The molecule has 0 bridgehead atoms. The van der Waals surface area contributed by atoms with Gasteiger partial charge in [-0.3, -0.25) is 0 Å². The Labute approximate surface area is 126 Å². The second-order valence-electron chi connectivity index (χ2n) is 5.17. The van der Waals surface area contributed by atoms with E-state index in [1.165, 1.54) is 0 Å². The summed E-state index contributed by atoms with van der Waals surface area (Å²) in [5.41, 5.74) is 2.23. The van der Waals surface area contributed by atoms with Crippen molar-refractivity contribution < 1.29 is 17.9 Å². The average molecular weight is 314 g/mol. The number of ether oxygens (including phenoxy) is 2. The number of morpholine rings is 1. The molecule has 0 unspecified atom stereocenters. The molecule has 118 valence electrons. The minimum absolute atomic E-state index is 0.326. The maximum atomic E-state index is 12.7. The predicted molar refractivity (Wildman–Crippen MR) is 79.9 cm³/mol. The molecule has 1 fully saturated rings. The highest BCUT2D eigenvalue weighted by Crippen LogP contribution is 2.30. The predicted octanol–water partition coefficient (Wildman–Crippen LogP) is 1.15. The summed E-state index contributed by atoms with van der Waals surface area (Å²) in [6.07, 6.45) is 0. The van der Waals surface area contributed by atoms with Crippen molar-refractivity contribution in [2.24, 2.45) is 0 Å². The molecule has 0 radical (unpaired) electrons. The van der Waals surface area contributed by atoms with Crippen molar-refractivity contribution in [1.82, 2.24) is 9.84 Å². The highest BCUT2D eigenvalue weighted by atomic mass is 32.2. The summed E-state index contributed by atoms with van der Waals surface area (Å²) in [7, 11) is -2.02. The van der Waals surface area contributed by atoms with E-state index in [1.54, 1.807) is 32.0 Å². The number of hydrogen-bond donors (Lipinski definition) is 1. The number of benzene rings is 1. The van der Waals surface area contributed by atoms with E-state index < -0.39 is 10.0 Å². The number of hydrogen-bond acceptors (Lipinski definition) is 5. The van der Waals surface area contributed by atoms with Gasteiger partial charge in [0, 0.05) is 13.1 Å². The largest absolute Gasteiger partial charge is 0.496 e. The summed E-state index contributed by atoms with van der Waals surface area (Å²) in [4.78, 5) is 2.97. The van der Waals surface area contributed by atoms with Gasteiger partial charge in [-0.05, 0) is 43.5 Å². The van der Waals surface area contributed by atoms with E-state index in [1.807, 2.05) is 6.92 Å². The maximum absolute atomic E-state index is 12.7. The van der Waals surface area contributed by atoms with E-state index >= 15 is 0 Å². The van der Waals surface area contributed by atoms with Gasteiger partial charge in [0.25, 0.3) is 10.0 Å². The molecule has 0 saturated carbocycles. The van der Waals surface area contributed by atoms with E-state index in [0.29, 0.717) is 48.1 Å². The first-order valence-corrected chi connectivity index (χ1v) is 8.35. The molecule has 0 aromatic heterocycles. The van der Waals surface area contributed by atoms with Gasteiger partial charge in [-0.1, -0.05) is 0 Å². The fourth-order valence-corrected chi connectivity index (χ4v) is 4.17. The van der Waals surface area contributed by atoms with Crippen LogP contribution in [0, 0.1) is 20.8 Å². The van der Waals surface area contributed by atoms with Crippen LogP contribution in [-0.2, 0) is 14.8 Å². The van der Waals surface area contributed by atoms with E-state index in [2.05, 4.69) is 4.83 Å². The lowest BCUT2D eigenvalue weighted by Gasteiger charge is -2.27. The lowest BCUT2D eigenvalue weighted by atomic mass is 10.1. The molecule has 1 N–H and O–H groups in total. The van der Waals surface area contributed by atoms with Crippen molar-refractivity contribution in [2.45, 2.75) is 25.7 Å². The van der Waals surface area contributed by atoms with Gasteiger partial charge in [-0.25, -0.2) is 13.4 Å². The van der Waals surface area contributed by atoms with Gasteiger partial charge in [0.05, 0.1) is 25.2 Å². The Balaban J connectivity index is 2.37. The molecule has 7 heteroatoms. The third-order valence-electron chi connectivity index (χ3n) is 3.73. The number of sulfonamides is 1. The minimum Gasteiger partial charge on any atom is -0.496 e. The molecule has 1 saturated heterocycles. The zero-order valence-electron chi connectivity index (χ0n) is 12.9. The number of hydrazine groups is 1. The molecular weight excluding hydrogens is 292 g/mol. The van der Waals surface area contributed by atoms with E-state index in [9.17, 15) is 8.42 Å². The zero-order valence-corrected chi connectivity index (χ0v) is 13.7. The van der Waals surface area contributed by atoms with Gasteiger partial charge in [0.1, 0.15) is 5.75 Å². The van der Waals surface area contributed by atoms with E-state index in [4.69, 9.17) is 9.47 Å². The maximum Gasteiger partial charge on any atom is 0.253 e. The molecule has 1 aliphatic heterocycles. The lowest BCUT2D eigenvalue weighted by molar-refractivity contribution is 0.0272. The number of nitrogens with zero attached hydrogens (tertiary/aromatic N) is 1. The quantitative estimate of drug-likeness (QED) is 0.903. The second kappa shape index (κ2) is 6.31. The zero-order chi connectivity index (χ0) is 15.6. The van der Waals surface area contributed by atoms with Gasteiger partial charge in [0.2, 0.25) is 0 Å². The number of rotatable bonds is 4. The van der Waals surface area contributed by atoms with Crippen molar-refractivity contribution in [3.05, 3.63) is 22.8 Å². The van der Waals surface area contributed by atoms with E-state index in [0.717, 1.165) is 5.56 Å². The average Bonchev–Trinajstić information content (AvgIpc) is 2.43. The summed E-state index contributed by atoms with van der Waals surface area (Å²) in [5, 5.41) is 1.68. The molecular formula is C14H22N2O4S. The summed E-state index contributed by atoms with van der Waals surface area (Å²) in [6, 6.07) is 1.76. The van der Waals surface area contributed by atoms with Crippen LogP contribution >= 0.6 is 0 Å². The monoisotopic (exact) mass is 314 g/mol. The minimum atomic E-state index is -3.60. The van der Waals surface area contributed by atoms with Crippen LogP contribution in [0.3, 0.4) is 0 Å². The standard InChI is InChI=1S/C14H22N2O4S/c1-10-9-13(19-4)11(2)12(3)14(10)21(17,18)15-16-5-7-20-8-6-16/h9,15H,5-8H2,1-4H3. The first-order valence-electron chi connectivity index (χ1n) is 6.86. The molecule has 1 aromatic carbocycles. The highest BCUT2D eigenvalue weighted by molar-refractivity contribution is 7.89. The van der Waals surface area contributed by atoms with Gasteiger partial charge in [-0.2, -0.15) is 0 Å². The van der Waals surface area contributed by atoms with Crippen molar-refractivity contribution in [2.75, 3.05) is 33.4 Å². The van der Waals surface area contributed by atoms with E-state index in [-0.39, 0.29) is 0 Å². The molecule has 1 heterocycles. The Morgan fingerprint density at radius 3 is 2.38 bits per heavy atom. The number of nitrogens with one attached hydrogen (secondary N) is 1. The van der Waals surface area contributed by atoms with Gasteiger partial charge in [-0.15, -0.1) is 4.83 Å². The fraction of sp³-hybridized carbons (Fsp3) is 0.571. The van der Waals surface area contributed by atoms with Crippen molar-refractivity contribution in [3.63, 3.8) is 0 Å². The van der Waals surface area contributed by atoms with Crippen LogP contribution in [-0.4, -0.2) is 46.8 Å². The highest BCUT2D eigenvalue weighted by Gasteiger charge is 2.25. The summed E-state index contributed by atoms with van der Waals surface area (Å²) >= 11 is 0. The Hall–Kier alpha value is -1.15. The Bertz CT molecular complexity index is 622. The van der Waals surface area contributed by atoms with Crippen LogP contribution < -0.4 is 9.57 Å². The molecule has 0 amide bonds. The van der Waals surface area contributed by atoms with Crippen LogP contribution in [0.1, 0.15) is 16.7 Å². The van der Waals surface area contributed by atoms with Crippen LogP contribution in [0.15, 0.2) is 11.0 Å². The van der Waals surface area contributed by atoms with Crippen LogP contribution in [0.25, 0.3) is 0 Å². The third-order valence-corrected chi connectivity index (χ3v) is 5.39. The molecule has 0 aliphatic carbocycles. The smallest absolute Gasteiger partial charge is 0.253 e. The second-order valence-corrected chi connectivity index (χ2v) is 6.77. The molecule has 1 aromatic rings. The summed E-state index contributed by atoms with van der Waals surface area (Å²) < 4.78 is 35.8. The Morgan fingerprint density at radius 2 is 1.81 bits per heavy atom. The van der Waals surface area contributed by atoms with Gasteiger partial charge in [0.15, 0.2) is 0 Å². The molecule has 0 spiro atoms.